The molecular weight excluding hydrogens is 584 g/mol. The maximum Gasteiger partial charge on any atom is 0.332 e. The predicted molar refractivity (Wildman–Crippen MR) is 148 cm³/mol. The van der Waals surface area contributed by atoms with Crippen LogP contribution >= 0.6 is 15.9 Å². The number of hydrogen-bond acceptors (Lipinski definition) is 12. The highest BCUT2D eigenvalue weighted by atomic mass is 79.9. The molecule has 0 unspecified atom stereocenters. The molecule has 0 rings (SSSR count). The van der Waals surface area contributed by atoms with E-state index in [9.17, 15) is 4.79 Å². The molecule has 0 saturated heterocycles. The molecule has 0 aromatic rings. The maximum absolute atomic E-state index is 11.5. The van der Waals surface area contributed by atoms with Crippen LogP contribution in [0.15, 0.2) is 0 Å². The van der Waals surface area contributed by atoms with E-state index in [-0.39, 0.29) is 12.6 Å². The van der Waals surface area contributed by atoms with Gasteiger partial charge >= 0.3 is 5.97 Å². The highest BCUT2D eigenvalue weighted by Gasteiger charge is 2.15. The summed E-state index contributed by atoms with van der Waals surface area (Å²) in [4.78, 5) is 11.5. The van der Waals surface area contributed by atoms with E-state index >= 15 is 0 Å². The zero-order chi connectivity index (χ0) is 28.7. The number of hydrogen-bond donors (Lipinski definition) is 0. The smallest absolute Gasteiger partial charge is 0.332 e. The largest absolute Gasteiger partial charge is 0.458 e. The lowest BCUT2D eigenvalue weighted by molar-refractivity contribution is -0.160. The van der Waals surface area contributed by atoms with Gasteiger partial charge in [-0.3, -0.25) is 0 Å². The summed E-state index contributed by atoms with van der Waals surface area (Å²) in [5, 5.41) is 0.835. The van der Waals surface area contributed by atoms with Gasteiger partial charge in [0.25, 0.3) is 0 Å². The van der Waals surface area contributed by atoms with E-state index in [0.29, 0.717) is 126 Å². The minimum atomic E-state index is -0.507. The molecule has 0 heterocycles. The molecule has 0 aromatic carbocycles. The lowest BCUT2D eigenvalue weighted by atomic mass is 10.2. The Morgan fingerprint density at radius 2 is 0.667 bits per heavy atom. The highest BCUT2D eigenvalue weighted by Crippen LogP contribution is 2.06. The standard InChI is InChI=1S/C26H51BrO12/c1-26(2,3)39-25(28)24-38-23-22-37-21-20-36-19-18-35-17-16-34-15-14-33-13-12-32-11-10-31-9-8-30-7-6-29-5-4-27/h4-24H2,1-3H3. The maximum atomic E-state index is 11.5. The van der Waals surface area contributed by atoms with Crippen molar-refractivity contribution >= 4 is 21.9 Å². The van der Waals surface area contributed by atoms with Crippen LogP contribution in [0.25, 0.3) is 0 Å². The van der Waals surface area contributed by atoms with Crippen LogP contribution in [0.5, 0.6) is 0 Å². The summed E-state index contributed by atoms with van der Waals surface area (Å²) >= 11 is 3.29. The number of rotatable bonds is 31. The van der Waals surface area contributed by atoms with Crippen molar-refractivity contribution in [3.63, 3.8) is 0 Å². The Hall–Kier alpha value is -0.450. The minimum absolute atomic E-state index is 0.0796. The van der Waals surface area contributed by atoms with Gasteiger partial charge in [0.1, 0.15) is 12.2 Å². The first-order valence-corrected chi connectivity index (χ1v) is 14.6. The molecule has 0 N–H and O–H groups in total. The summed E-state index contributed by atoms with van der Waals surface area (Å²) in [6.07, 6.45) is 0. The summed E-state index contributed by atoms with van der Waals surface area (Å²) in [7, 11) is 0. The van der Waals surface area contributed by atoms with Gasteiger partial charge in [0.2, 0.25) is 0 Å². The van der Waals surface area contributed by atoms with Crippen molar-refractivity contribution < 1.29 is 56.9 Å². The Balaban J connectivity index is 3.09. The molecule has 0 fully saturated rings. The van der Waals surface area contributed by atoms with Gasteiger partial charge in [-0.15, -0.1) is 0 Å². The van der Waals surface area contributed by atoms with Crippen LogP contribution in [0.4, 0.5) is 0 Å². The van der Waals surface area contributed by atoms with E-state index in [4.69, 9.17) is 52.1 Å². The van der Waals surface area contributed by atoms with Crippen LogP contribution in [0, 0.1) is 0 Å². The Morgan fingerprint density at radius 3 is 0.897 bits per heavy atom. The Bertz CT molecular complexity index is 508. The minimum Gasteiger partial charge on any atom is -0.458 e. The fraction of sp³-hybridized carbons (Fsp3) is 0.962. The van der Waals surface area contributed by atoms with Crippen molar-refractivity contribution in [2.45, 2.75) is 26.4 Å². The number of carbonyl (C=O) groups excluding carboxylic acids is 1. The fourth-order valence-electron chi connectivity index (χ4n) is 2.56. The van der Waals surface area contributed by atoms with E-state index in [1.165, 1.54) is 0 Å². The predicted octanol–water partition coefficient (Wildman–Crippen LogP) is 1.89. The zero-order valence-corrected chi connectivity index (χ0v) is 25.7. The Morgan fingerprint density at radius 1 is 0.436 bits per heavy atom. The van der Waals surface area contributed by atoms with Gasteiger partial charge in [0, 0.05) is 5.33 Å². The van der Waals surface area contributed by atoms with Gasteiger partial charge in [0.15, 0.2) is 0 Å². The molecule has 0 aliphatic carbocycles. The van der Waals surface area contributed by atoms with Gasteiger partial charge in [-0.2, -0.15) is 0 Å². The second kappa shape index (κ2) is 30.5. The second-order valence-electron chi connectivity index (χ2n) is 8.84. The van der Waals surface area contributed by atoms with E-state index in [1.54, 1.807) is 0 Å². The summed E-state index contributed by atoms with van der Waals surface area (Å²) in [5.41, 5.74) is -0.507. The van der Waals surface area contributed by atoms with Crippen molar-refractivity contribution in [3.8, 4) is 0 Å². The molecule has 0 aliphatic rings. The molecular formula is C26H51BrO12. The quantitative estimate of drug-likeness (QED) is 0.0629. The van der Waals surface area contributed by atoms with Crippen molar-refractivity contribution in [2.75, 3.05) is 137 Å². The van der Waals surface area contributed by atoms with Crippen molar-refractivity contribution in [1.29, 1.82) is 0 Å². The molecule has 0 amide bonds. The van der Waals surface area contributed by atoms with Crippen LogP contribution in [0.1, 0.15) is 20.8 Å². The first kappa shape index (κ1) is 38.5. The normalized spacial score (nSPS) is 11.8. The molecule has 0 bridgehead atoms. The fourth-order valence-corrected chi connectivity index (χ4v) is 2.79. The van der Waals surface area contributed by atoms with Crippen LogP contribution in [0.2, 0.25) is 0 Å². The topological polar surface area (TPSA) is 119 Å². The van der Waals surface area contributed by atoms with E-state index in [0.717, 1.165) is 5.33 Å². The monoisotopic (exact) mass is 634 g/mol. The van der Waals surface area contributed by atoms with Gasteiger partial charge in [-0.25, -0.2) is 4.79 Å². The summed E-state index contributed by atoms with van der Waals surface area (Å²) < 4.78 is 59.0. The number of halogens is 1. The molecule has 13 heteroatoms. The molecule has 0 radical (unpaired) electrons. The van der Waals surface area contributed by atoms with E-state index < -0.39 is 5.60 Å². The molecule has 39 heavy (non-hydrogen) atoms. The number of esters is 1. The van der Waals surface area contributed by atoms with Crippen molar-refractivity contribution in [3.05, 3.63) is 0 Å². The van der Waals surface area contributed by atoms with Gasteiger partial charge in [-0.1, -0.05) is 15.9 Å². The van der Waals surface area contributed by atoms with Crippen molar-refractivity contribution in [2.24, 2.45) is 0 Å². The third-order valence-electron chi connectivity index (χ3n) is 4.21. The molecule has 234 valence electrons. The van der Waals surface area contributed by atoms with Crippen molar-refractivity contribution in [1.82, 2.24) is 0 Å². The number of alkyl halides is 1. The molecule has 0 atom stereocenters. The number of carbonyl (C=O) groups is 1. The summed E-state index contributed by atoms with van der Waals surface area (Å²) in [6, 6.07) is 0. The lowest BCUT2D eigenvalue weighted by Crippen LogP contribution is -2.27. The molecule has 0 aromatic heterocycles. The molecule has 0 spiro atoms. The van der Waals surface area contributed by atoms with E-state index in [1.807, 2.05) is 20.8 Å². The molecule has 0 aliphatic heterocycles. The van der Waals surface area contributed by atoms with Crippen LogP contribution in [-0.4, -0.2) is 149 Å². The van der Waals surface area contributed by atoms with Gasteiger partial charge < -0.3 is 52.1 Å². The highest BCUT2D eigenvalue weighted by molar-refractivity contribution is 9.09. The third kappa shape index (κ3) is 35.5. The van der Waals surface area contributed by atoms with Crippen LogP contribution in [0.3, 0.4) is 0 Å². The van der Waals surface area contributed by atoms with Gasteiger partial charge in [0.05, 0.1) is 126 Å². The second-order valence-corrected chi connectivity index (χ2v) is 9.63. The number of ether oxygens (including phenoxy) is 11. The van der Waals surface area contributed by atoms with Gasteiger partial charge in [-0.05, 0) is 20.8 Å². The third-order valence-corrected chi connectivity index (χ3v) is 4.53. The Labute approximate surface area is 242 Å². The SMILES string of the molecule is CC(C)(C)OC(=O)COCCOCCOCCOCCOCCOCCOCCOCCOCCOCCBr. The first-order chi connectivity index (χ1) is 19.0. The first-order valence-electron chi connectivity index (χ1n) is 13.5. The Kier molecular flexibility index (Phi) is 30.2. The lowest BCUT2D eigenvalue weighted by Gasteiger charge is -2.19. The molecule has 12 nitrogen and oxygen atoms in total. The average Bonchev–Trinajstić information content (AvgIpc) is 2.88. The zero-order valence-electron chi connectivity index (χ0n) is 24.1. The summed E-state index contributed by atoms with van der Waals surface area (Å²) in [6.45, 7) is 15.0. The van der Waals surface area contributed by atoms with Crippen LogP contribution in [-0.2, 0) is 56.9 Å². The summed E-state index contributed by atoms with van der Waals surface area (Å²) in [5.74, 6) is -0.384. The molecule has 0 saturated carbocycles. The average molecular weight is 636 g/mol. The van der Waals surface area contributed by atoms with Crippen LogP contribution < -0.4 is 0 Å². The van der Waals surface area contributed by atoms with E-state index in [2.05, 4.69) is 15.9 Å².